The van der Waals surface area contributed by atoms with Crippen LogP contribution in [0.1, 0.15) is 23.0 Å². The Kier molecular flexibility index (Phi) is 9.77. The van der Waals surface area contributed by atoms with E-state index in [4.69, 9.17) is 4.74 Å². The Morgan fingerprint density at radius 3 is 2.57 bits per heavy atom. The Balaban J connectivity index is 0.00000405. The summed E-state index contributed by atoms with van der Waals surface area (Å²) in [5, 5.41) is 7.64. The van der Waals surface area contributed by atoms with Crippen molar-refractivity contribution in [3.8, 4) is 5.75 Å². The summed E-state index contributed by atoms with van der Waals surface area (Å²) < 4.78 is 6.65. The van der Waals surface area contributed by atoms with E-state index >= 15 is 0 Å². The Hall–Kier alpha value is -4.06. The standard InChI is InChI=1S/C30H29BrN6O4.ClH/c1-18(32-2)28(38)35-24-17-37(29(39)23-15-33-12-13-34-23)26-7-5-4-6-25(26)36(30(24)40)16-22-21-10-9-20(31)14-19(21)8-11-27(22)41-3;/h4-15,18,24,32H,16-17H2,1-3H3,(H,35,38);1H. The van der Waals surface area contributed by atoms with Crippen molar-refractivity contribution in [1.29, 1.82) is 0 Å². The number of nitrogens with one attached hydrogen (secondary N) is 2. The monoisotopic (exact) mass is 652 g/mol. The SMILES string of the molecule is CNC(C)C(=O)NC1CN(C(=O)c2cnccn2)c2ccccc2N(Cc2c(OC)ccc3cc(Br)ccc23)C1=O.Cl. The van der Waals surface area contributed by atoms with Crippen LogP contribution in [0.5, 0.6) is 5.75 Å². The summed E-state index contributed by atoms with van der Waals surface area (Å²) in [6.07, 6.45) is 4.30. The van der Waals surface area contributed by atoms with Gasteiger partial charge in [0.15, 0.2) is 0 Å². The van der Waals surface area contributed by atoms with Gasteiger partial charge in [0.25, 0.3) is 11.8 Å². The number of likely N-dealkylation sites (N-methyl/N-ethyl adjacent to an activating group) is 1. The molecule has 218 valence electrons. The van der Waals surface area contributed by atoms with E-state index in [1.807, 2.05) is 36.4 Å². The van der Waals surface area contributed by atoms with Crippen LogP contribution in [-0.2, 0) is 16.1 Å². The highest BCUT2D eigenvalue weighted by molar-refractivity contribution is 9.10. The van der Waals surface area contributed by atoms with E-state index in [1.54, 1.807) is 44.2 Å². The first-order valence-electron chi connectivity index (χ1n) is 13.0. The molecule has 2 N–H and O–H groups in total. The van der Waals surface area contributed by atoms with Crippen LogP contribution in [0.4, 0.5) is 11.4 Å². The van der Waals surface area contributed by atoms with Gasteiger partial charge in [0, 0.05) is 22.4 Å². The van der Waals surface area contributed by atoms with Crippen LogP contribution >= 0.6 is 28.3 Å². The number of carbonyl (C=O) groups is 3. The number of benzene rings is 3. The third-order valence-corrected chi connectivity index (χ3v) is 7.64. The van der Waals surface area contributed by atoms with Gasteiger partial charge in [0.1, 0.15) is 17.5 Å². The summed E-state index contributed by atoms with van der Waals surface area (Å²) in [5.41, 5.74) is 1.95. The zero-order chi connectivity index (χ0) is 29.1. The fourth-order valence-electron chi connectivity index (χ4n) is 4.88. The zero-order valence-electron chi connectivity index (χ0n) is 23.2. The molecule has 0 saturated carbocycles. The number of methoxy groups -OCH3 is 1. The number of rotatable bonds is 7. The van der Waals surface area contributed by atoms with E-state index in [-0.39, 0.29) is 43.0 Å². The molecular weight excluding hydrogens is 624 g/mol. The van der Waals surface area contributed by atoms with Gasteiger partial charge in [0.05, 0.1) is 43.8 Å². The largest absolute Gasteiger partial charge is 0.496 e. The first-order valence-corrected chi connectivity index (χ1v) is 13.8. The molecule has 0 radical (unpaired) electrons. The number of ether oxygens (including phenoxy) is 1. The summed E-state index contributed by atoms with van der Waals surface area (Å²) in [7, 11) is 3.25. The molecule has 12 heteroatoms. The molecule has 2 atom stereocenters. The van der Waals surface area contributed by atoms with E-state index in [1.165, 1.54) is 23.5 Å². The topological polar surface area (TPSA) is 117 Å². The number of hydrogen-bond donors (Lipinski definition) is 2. The average Bonchev–Trinajstić information content (AvgIpc) is 3.11. The molecule has 3 amide bonds. The van der Waals surface area contributed by atoms with E-state index in [0.29, 0.717) is 17.1 Å². The molecule has 1 aromatic heterocycles. The van der Waals surface area contributed by atoms with Gasteiger partial charge in [-0.05, 0) is 55.1 Å². The number of fused-ring (bicyclic) bond motifs is 2. The van der Waals surface area contributed by atoms with Crippen molar-refractivity contribution < 1.29 is 19.1 Å². The highest BCUT2D eigenvalue weighted by Gasteiger charge is 2.38. The van der Waals surface area contributed by atoms with Gasteiger partial charge in [-0.25, -0.2) is 4.98 Å². The lowest BCUT2D eigenvalue weighted by Gasteiger charge is -2.27. The fraction of sp³-hybridized carbons (Fsp3) is 0.233. The third-order valence-electron chi connectivity index (χ3n) is 7.15. The van der Waals surface area contributed by atoms with Crippen LogP contribution in [0.3, 0.4) is 0 Å². The summed E-state index contributed by atoms with van der Waals surface area (Å²) in [6, 6.07) is 15.3. The number of halogens is 2. The van der Waals surface area contributed by atoms with Crippen molar-refractivity contribution in [3.63, 3.8) is 0 Å². The molecule has 10 nitrogen and oxygen atoms in total. The van der Waals surface area contributed by atoms with E-state index in [9.17, 15) is 14.4 Å². The van der Waals surface area contributed by atoms with Crippen LogP contribution in [0.15, 0.2) is 77.7 Å². The molecule has 0 fully saturated rings. The molecular formula is C30H30BrClN6O4. The van der Waals surface area contributed by atoms with Crippen LogP contribution in [0, 0.1) is 0 Å². The number of nitrogens with zero attached hydrogens (tertiary/aromatic N) is 4. The fourth-order valence-corrected chi connectivity index (χ4v) is 5.26. The summed E-state index contributed by atoms with van der Waals surface area (Å²) in [4.78, 5) is 52.4. The molecule has 4 aromatic rings. The Bertz CT molecular complexity index is 1620. The van der Waals surface area contributed by atoms with E-state index in [0.717, 1.165) is 20.8 Å². The van der Waals surface area contributed by atoms with Crippen molar-refractivity contribution in [2.24, 2.45) is 0 Å². The summed E-state index contributed by atoms with van der Waals surface area (Å²) in [5.74, 6) is -0.545. The molecule has 0 aliphatic carbocycles. The lowest BCUT2D eigenvalue weighted by atomic mass is 10.0. The Labute approximate surface area is 258 Å². The number of carbonyl (C=O) groups excluding carboxylic acids is 3. The number of anilines is 2. The first kappa shape index (κ1) is 30.9. The molecule has 0 spiro atoms. The molecule has 42 heavy (non-hydrogen) atoms. The number of para-hydroxylation sites is 2. The van der Waals surface area contributed by atoms with Gasteiger partial charge in [-0.1, -0.05) is 40.2 Å². The van der Waals surface area contributed by atoms with Crippen molar-refractivity contribution in [2.75, 3.05) is 30.5 Å². The number of aromatic nitrogens is 2. The predicted octanol–water partition coefficient (Wildman–Crippen LogP) is 4.11. The van der Waals surface area contributed by atoms with Gasteiger partial charge in [-0.15, -0.1) is 12.4 Å². The number of amides is 3. The quantitative estimate of drug-likeness (QED) is 0.309. The van der Waals surface area contributed by atoms with Crippen molar-refractivity contribution >= 4 is 68.2 Å². The van der Waals surface area contributed by atoms with Crippen molar-refractivity contribution in [1.82, 2.24) is 20.6 Å². The molecule has 0 saturated heterocycles. The second-order valence-corrected chi connectivity index (χ2v) is 10.5. The molecule has 5 rings (SSSR count). The number of hydrogen-bond acceptors (Lipinski definition) is 7. The molecule has 2 heterocycles. The maximum Gasteiger partial charge on any atom is 0.278 e. The molecule has 0 bridgehead atoms. The average molecular weight is 654 g/mol. The minimum absolute atomic E-state index is 0. The summed E-state index contributed by atoms with van der Waals surface area (Å²) in [6.45, 7) is 1.74. The van der Waals surface area contributed by atoms with Gasteiger partial charge in [-0.2, -0.15) is 0 Å². The third kappa shape index (κ3) is 6.08. The second-order valence-electron chi connectivity index (χ2n) is 9.60. The Morgan fingerprint density at radius 1 is 1.12 bits per heavy atom. The highest BCUT2D eigenvalue weighted by Crippen LogP contribution is 2.37. The van der Waals surface area contributed by atoms with Crippen LogP contribution in [-0.4, -0.2) is 60.5 Å². The second kappa shape index (κ2) is 13.3. The zero-order valence-corrected chi connectivity index (χ0v) is 25.6. The molecule has 1 aliphatic rings. The molecule has 2 unspecified atom stereocenters. The van der Waals surface area contributed by atoms with Gasteiger partial charge >= 0.3 is 0 Å². The van der Waals surface area contributed by atoms with Gasteiger partial charge in [-0.3, -0.25) is 19.4 Å². The smallest absolute Gasteiger partial charge is 0.278 e. The predicted molar refractivity (Wildman–Crippen MR) is 167 cm³/mol. The molecule has 3 aromatic carbocycles. The van der Waals surface area contributed by atoms with Crippen LogP contribution in [0.25, 0.3) is 10.8 Å². The van der Waals surface area contributed by atoms with Crippen LogP contribution < -0.4 is 25.2 Å². The molecule has 1 aliphatic heterocycles. The van der Waals surface area contributed by atoms with E-state index < -0.39 is 18.0 Å². The van der Waals surface area contributed by atoms with Crippen molar-refractivity contribution in [2.45, 2.75) is 25.6 Å². The van der Waals surface area contributed by atoms with Crippen molar-refractivity contribution in [3.05, 3.63) is 88.9 Å². The first-order chi connectivity index (χ1) is 19.8. The lowest BCUT2D eigenvalue weighted by Crippen LogP contribution is -2.55. The lowest BCUT2D eigenvalue weighted by molar-refractivity contribution is -0.128. The van der Waals surface area contributed by atoms with Gasteiger partial charge in [0.2, 0.25) is 5.91 Å². The Morgan fingerprint density at radius 2 is 1.88 bits per heavy atom. The van der Waals surface area contributed by atoms with E-state index in [2.05, 4.69) is 36.5 Å². The normalized spacial score (nSPS) is 15.3. The minimum Gasteiger partial charge on any atom is -0.496 e. The summed E-state index contributed by atoms with van der Waals surface area (Å²) >= 11 is 3.53. The van der Waals surface area contributed by atoms with Gasteiger partial charge < -0.3 is 25.2 Å². The highest BCUT2D eigenvalue weighted by atomic mass is 79.9. The minimum atomic E-state index is -1.04. The maximum atomic E-state index is 14.3. The van der Waals surface area contributed by atoms with Crippen LogP contribution in [0.2, 0.25) is 0 Å². The maximum absolute atomic E-state index is 14.3.